The molecule has 1 aromatic carbocycles. The van der Waals surface area contributed by atoms with E-state index >= 15 is 0 Å². The number of nitrogens with zero attached hydrogens (tertiary/aromatic N) is 1. The van der Waals surface area contributed by atoms with E-state index in [1.807, 2.05) is 32.9 Å². The van der Waals surface area contributed by atoms with Crippen LogP contribution in [0.15, 0.2) is 36.9 Å². The summed E-state index contributed by atoms with van der Waals surface area (Å²) in [6.45, 7) is 14.4. The van der Waals surface area contributed by atoms with Crippen LogP contribution < -0.4 is 10.6 Å². The van der Waals surface area contributed by atoms with Crippen molar-refractivity contribution in [1.82, 2.24) is 15.5 Å². The lowest BCUT2D eigenvalue weighted by Gasteiger charge is -2.35. The van der Waals surface area contributed by atoms with Crippen LogP contribution in [-0.4, -0.2) is 60.6 Å². The highest BCUT2D eigenvalue weighted by molar-refractivity contribution is 5.93. The lowest BCUT2D eigenvalue weighted by atomic mass is 9.95. The number of esters is 1. The van der Waals surface area contributed by atoms with Crippen molar-refractivity contribution in [1.29, 1.82) is 0 Å². The van der Waals surface area contributed by atoms with Crippen LogP contribution in [0.2, 0.25) is 0 Å². The molecule has 0 fully saturated rings. The number of carbonyl (C=O) groups excluding carboxylic acids is 4. The molecule has 0 heterocycles. The molecule has 0 aromatic heterocycles. The maximum absolute atomic E-state index is 13.9. The third kappa shape index (κ3) is 9.36. The first-order valence-electron chi connectivity index (χ1n) is 12.2. The highest BCUT2D eigenvalue weighted by Gasteiger charge is 2.37. The molecule has 9 nitrogen and oxygen atoms in total. The van der Waals surface area contributed by atoms with Gasteiger partial charge in [0.2, 0.25) is 11.8 Å². The van der Waals surface area contributed by atoms with Crippen LogP contribution in [0.3, 0.4) is 0 Å². The van der Waals surface area contributed by atoms with E-state index in [1.165, 1.54) is 18.1 Å². The molecule has 0 bridgehead atoms. The minimum atomic E-state index is -1.07. The molecule has 0 spiro atoms. The van der Waals surface area contributed by atoms with Gasteiger partial charge in [-0.2, -0.15) is 0 Å². The Morgan fingerprint density at radius 2 is 1.72 bits per heavy atom. The molecule has 0 saturated heterocycles. The van der Waals surface area contributed by atoms with Gasteiger partial charge in [-0.15, -0.1) is 6.58 Å². The van der Waals surface area contributed by atoms with Crippen molar-refractivity contribution < 1.29 is 28.7 Å². The first-order valence-corrected chi connectivity index (χ1v) is 12.2. The molecule has 200 valence electrons. The average molecular weight is 504 g/mol. The third-order valence-corrected chi connectivity index (χ3v) is 5.66. The van der Waals surface area contributed by atoms with Gasteiger partial charge in [0.1, 0.15) is 24.2 Å². The van der Waals surface area contributed by atoms with Crippen molar-refractivity contribution in [2.24, 2.45) is 5.92 Å². The Balaban J connectivity index is 3.46. The van der Waals surface area contributed by atoms with Crippen LogP contribution >= 0.6 is 0 Å². The van der Waals surface area contributed by atoms with E-state index < -0.39 is 41.6 Å². The molecule has 3 atom stereocenters. The third-order valence-electron chi connectivity index (χ3n) is 5.66. The summed E-state index contributed by atoms with van der Waals surface area (Å²) >= 11 is 0. The summed E-state index contributed by atoms with van der Waals surface area (Å²) in [5, 5.41) is 5.25. The van der Waals surface area contributed by atoms with E-state index in [4.69, 9.17) is 4.74 Å². The molecule has 1 aromatic rings. The largest absolute Gasteiger partial charge is 0.468 e. The zero-order valence-corrected chi connectivity index (χ0v) is 22.6. The summed E-state index contributed by atoms with van der Waals surface area (Å²) < 4.78 is 10.0. The first kappa shape index (κ1) is 30.7. The Labute approximate surface area is 214 Å². The summed E-state index contributed by atoms with van der Waals surface area (Å²) in [4.78, 5) is 52.9. The van der Waals surface area contributed by atoms with Gasteiger partial charge in [-0.25, -0.2) is 4.79 Å². The maximum atomic E-state index is 13.9. The average Bonchev–Trinajstić information content (AvgIpc) is 2.83. The smallest absolute Gasteiger partial charge is 0.408 e. The van der Waals surface area contributed by atoms with Gasteiger partial charge in [0.05, 0.1) is 7.11 Å². The monoisotopic (exact) mass is 503 g/mol. The van der Waals surface area contributed by atoms with E-state index in [1.54, 1.807) is 32.9 Å². The second-order valence-corrected chi connectivity index (χ2v) is 9.58. The van der Waals surface area contributed by atoms with Gasteiger partial charge < -0.3 is 25.0 Å². The molecule has 9 heteroatoms. The number of carbonyl (C=O) groups is 4. The van der Waals surface area contributed by atoms with Gasteiger partial charge in [0.25, 0.3) is 0 Å². The molecular formula is C27H41N3O6. The normalized spacial score (nSPS) is 13.5. The van der Waals surface area contributed by atoms with Crippen LogP contribution in [0, 0.1) is 5.92 Å². The predicted molar refractivity (Wildman–Crippen MR) is 138 cm³/mol. The molecule has 2 N–H and O–H groups in total. The van der Waals surface area contributed by atoms with E-state index in [2.05, 4.69) is 21.9 Å². The number of ether oxygens (including phenoxy) is 2. The lowest BCUT2D eigenvalue weighted by molar-refractivity contribution is -0.144. The molecule has 0 aliphatic rings. The molecule has 3 amide bonds. The zero-order chi connectivity index (χ0) is 27.5. The van der Waals surface area contributed by atoms with Gasteiger partial charge in [0.15, 0.2) is 0 Å². The van der Waals surface area contributed by atoms with Crippen molar-refractivity contribution in [2.45, 2.75) is 72.1 Å². The fourth-order valence-electron chi connectivity index (χ4n) is 3.49. The van der Waals surface area contributed by atoms with E-state index in [0.29, 0.717) is 12.0 Å². The van der Waals surface area contributed by atoms with E-state index in [0.717, 1.165) is 12.0 Å². The number of aryl methyl sites for hydroxylation is 1. The van der Waals surface area contributed by atoms with E-state index in [-0.39, 0.29) is 19.0 Å². The minimum Gasteiger partial charge on any atom is -0.468 e. The zero-order valence-electron chi connectivity index (χ0n) is 22.6. The summed E-state index contributed by atoms with van der Waals surface area (Å²) in [7, 11) is 1.22. The number of amides is 3. The van der Waals surface area contributed by atoms with Gasteiger partial charge in [-0.05, 0) is 44.2 Å². The number of rotatable bonds is 12. The van der Waals surface area contributed by atoms with Gasteiger partial charge >= 0.3 is 12.1 Å². The topological polar surface area (TPSA) is 114 Å². The molecule has 1 rings (SSSR count). The van der Waals surface area contributed by atoms with Crippen LogP contribution in [0.25, 0.3) is 0 Å². The summed E-state index contributed by atoms with van der Waals surface area (Å²) in [6, 6.07) is 5.32. The lowest BCUT2D eigenvalue weighted by Crippen LogP contribution is -2.55. The van der Waals surface area contributed by atoms with Crippen LogP contribution in [0.4, 0.5) is 4.79 Å². The summed E-state index contributed by atoms with van der Waals surface area (Å²) in [5.74, 6) is -1.89. The molecule has 36 heavy (non-hydrogen) atoms. The Hall–Kier alpha value is -3.36. The van der Waals surface area contributed by atoms with Crippen molar-refractivity contribution in [3.8, 4) is 0 Å². The fraction of sp³-hybridized carbons (Fsp3) is 0.556. The molecular weight excluding hydrogens is 462 g/mol. The summed E-state index contributed by atoms with van der Waals surface area (Å²) in [5.41, 5.74) is 0.883. The van der Waals surface area contributed by atoms with Crippen LogP contribution in [0.1, 0.15) is 65.1 Å². The van der Waals surface area contributed by atoms with Gasteiger partial charge in [-0.3, -0.25) is 14.4 Å². The fourth-order valence-corrected chi connectivity index (χ4v) is 3.49. The van der Waals surface area contributed by atoms with Crippen molar-refractivity contribution in [3.63, 3.8) is 0 Å². The molecule has 3 unspecified atom stereocenters. The van der Waals surface area contributed by atoms with Gasteiger partial charge in [0, 0.05) is 6.54 Å². The summed E-state index contributed by atoms with van der Waals surface area (Å²) in [6.07, 6.45) is 2.20. The standard InChI is InChI=1S/C27H41N3O6/c1-9-16-30(25(33)22(18(4)10-2)29-26(34)36-27(5,6)7)23(24(32)28-17-21(31)35-8)20-14-12-19(11-3)13-15-20/h9,12-15,18,22-23H,1,10-11,16-17H2,2-8H3,(H,28,32)(H,29,34). The van der Waals surface area contributed by atoms with Crippen LogP contribution in [0.5, 0.6) is 0 Å². The molecule has 0 saturated carbocycles. The number of hydrogen-bond acceptors (Lipinski definition) is 6. The van der Waals surface area contributed by atoms with E-state index in [9.17, 15) is 19.2 Å². The van der Waals surface area contributed by atoms with Crippen molar-refractivity contribution >= 4 is 23.9 Å². The molecule has 0 aliphatic carbocycles. The number of benzene rings is 1. The highest BCUT2D eigenvalue weighted by atomic mass is 16.6. The van der Waals surface area contributed by atoms with Gasteiger partial charge in [-0.1, -0.05) is 57.5 Å². The number of alkyl carbamates (subject to hydrolysis) is 1. The number of methoxy groups -OCH3 is 1. The van der Waals surface area contributed by atoms with Crippen molar-refractivity contribution in [3.05, 3.63) is 48.0 Å². The van der Waals surface area contributed by atoms with Crippen molar-refractivity contribution in [2.75, 3.05) is 20.2 Å². The molecule has 0 aliphatic heterocycles. The number of hydrogen-bond donors (Lipinski definition) is 2. The Morgan fingerprint density at radius 3 is 2.19 bits per heavy atom. The SMILES string of the molecule is C=CCN(C(=O)C(NC(=O)OC(C)(C)C)C(C)CC)C(C(=O)NCC(=O)OC)c1ccc(CC)cc1. The quantitative estimate of drug-likeness (QED) is 0.333. The second-order valence-electron chi connectivity index (χ2n) is 9.58. The molecule has 0 radical (unpaired) electrons. The highest BCUT2D eigenvalue weighted by Crippen LogP contribution is 2.25. The Morgan fingerprint density at radius 1 is 1.11 bits per heavy atom. The number of nitrogens with one attached hydrogen (secondary N) is 2. The Kier molecular flexibility index (Phi) is 12.1. The Bertz CT molecular complexity index is 907. The second kappa shape index (κ2) is 14.3. The maximum Gasteiger partial charge on any atom is 0.408 e. The minimum absolute atomic E-state index is 0.0353. The predicted octanol–water partition coefficient (Wildman–Crippen LogP) is 3.53. The van der Waals surface area contributed by atoms with Crippen LogP contribution in [-0.2, 0) is 30.3 Å². The first-order chi connectivity index (χ1) is 16.9.